The summed E-state index contributed by atoms with van der Waals surface area (Å²) in [6.07, 6.45) is -0.00261. The van der Waals surface area contributed by atoms with Gasteiger partial charge in [-0.2, -0.15) is 0 Å². The number of fused-ring (bicyclic) bond motifs is 3. The van der Waals surface area contributed by atoms with Crippen LogP contribution >= 0.6 is 0 Å². The van der Waals surface area contributed by atoms with Crippen molar-refractivity contribution in [3.63, 3.8) is 0 Å². The Hall–Kier alpha value is -4.11. The van der Waals surface area contributed by atoms with Gasteiger partial charge in [-0.3, -0.25) is 14.4 Å². The lowest BCUT2D eigenvalue weighted by molar-refractivity contribution is -0.147. The van der Waals surface area contributed by atoms with Crippen LogP contribution in [-0.4, -0.2) is 57.6 Å². The number of aromatic hydroxyl groups is 1. The number of amides is 1. The van der Waals surface area contributed by atoms with Crippen LogP contribution in [0.1, 0.15) is 35.1 Å². The van der Waals surface area contributed by atoms with Crippen molar-refractivity contribution in [3.05, 3.63) is 63.4 Å². The molecule has 0 heterocycles. The van der Waals surface area contributed by atoms with Crippen LogP contribution in [0.25, 0.3) is 16.9 Å². The summed E-state index contributed by atoms with van der Waals surface area (Å²) in [6, 6.07) is 7.68. The van der Waals surface area contributed by atoms with Crippen molar-refractivity contribution in [2.45, 2.75) is 38.7 Å². The predicted octanol–water partition coefficient (Wildman–Crippen LogP) is 2.77. The van der Waals surface area contributed by atoms with Gasteiger partial charge < -0.3 is 31.1 Å². The van der Waals surface area contributed by atoms with E-state index < -0.39 is 52.0 Å². The second-order valence-electron chi connectivity index (χ2n) is 10.8. The van der Waals surface area contributed by atoms with E-state index in [9.17, 15) is 34.8 Å². The Kier molecular flexibility index (Phi) is 5.68. The van der Waals surface area contributed by atoms with Crippen molar-refractivity contribution >= 4 is 28.9 Å². The van der Waals surface area contributed by atoms with Crippen LogP contribution in [0.3, 0.4) is 0 Å². The fraction of sp³-hybridized carbons (Fsp3) is 0.345. The maximum atomic E-state index is 13.8. The third kappa shape index (κ3) is 3.45. The molecule has 0 aromatic heterocycles. The molecule has 0 spiro atoms. The van der Waals surface area contributed by atoms with Crippen LogP contribution in [-0.2, 0) is 20.8 Å². The van der Waals surface area contributed by atoms with Crippen LogP contribution in [0, 0.1) is 25.7 Å². The maximum absolute atomic E-state index is 13.8. The second-order valence-corrected chi connectivity index (χ2v) is 10.8. The first-order chi connectivity index (χ1) is 17.8. The number of phenols is 1. The van der Waals surface area contributed by atoms with E-state index in [1.54, 1.807) is 0 Å². The molecule has 38 heavy (non-hydrogen) atoms. The van der Waals surface area contributed by atoms with Crippen LogP contribution in [0.15, 0.2) is 41.2 Å². The molecule has 3 aliphatic rings. The second kappa shape index (κ2) is 8.46. The molecule has 2 aromatic rings. The smallest absolute Gasteiger partial charge is 0.255 e. The third-order valence-corrected chi connectivity index (χ3v) is 8.05. The number of benzene rings is 2. The molecule has 0 aliphatic heterocycles. The standard InChI is InChI=1S/C29H30N2O7/c1-12-5-13(2)7-14(6-12)17-11-19(31(3)4)18-9-15-8-16-10-20(32)23(28(30)37)27(36)29(16,38)26(35)21(15)25(34)22(18)24(17)33/h5-7,11,15-16,33-34,36,38H,8-10H2,1-4H3,(H2,30,37)/t15-,16+,29+/m1/s1. The number of nitrogens with zero attached hydrogens (tertiary/aromatic N) is 1. The number of nitrogens with two attached hydrogens (primary N) is 1. The van der Waals surface area contributed by atoms with Gasteiger partial charge in [0.15, 0.2) is 11.4 Å². The van der Waals surface area contributed by atoms with Crippen LogP contribution in [0.4, 0.5) is 5.69 Å². The first-order valence-electron chi connectivity index (χ1n) is 12.4. The number of aliphatic hydroxyl groups is 3. The lowest BCUT2D eigenvalue weighted by atomic mass is 9.59. The zero-order valence-corrected chi connectivity index (χ0v) is 21.6. The molecule has 198 valence electrons. The van der Waals surface area contributed by atoms with Crippen molar-refractivity contribution in [1.29, 1.82) is 0 Å². The number of rotatable bonds is 3. The average molecular weight is 519 g/mol. The molecule has 1 fully saturated rings. The van der Waals surface area contributed by atoms with Gasteiger partial charge >= 0.3 is 0 Å². The summed E-state index contributed by atoms with van der Waals surface area (Å²) in [4.78, 5) is 40.0. The summed E-state index contributed by atoms with van der Waals surface area (Å²) in [6.45, 7) is 3.88. The number of carbonyl (C=O) groups is 3. The number of hydrogen-bond acceptors (Lipinski definition) is 8. The van der Waals surface area contributed by atoms with Gasteiger partial charge in [0.1, 0.15) is 22.8 Å². The summed E-state index contributed by atoms with van der Waals surface area (Å²) in [5, 5.41) is 45.2. The maximum Gasteiger partial charge on any atom is 0.255 e. The number of Topliss-reactive ketones (excluding diaryl/α,β-unsaturated/α-hetero) is 2. The van der Waals surface area contributed by atoms with Gasteiger partial charge in [-0.15, -0.1) is 0 Å². The van der Waals surface area contributed by atoms with Crippen molar-refractivity contribution in [2.75, 3.05) is 19.0 Å². The van der Waals surface area contributed by atoms with Crippen LogP contribution in [0.5, 0.6) is 5.75 Å². The first-order valence-corrected chi connectivity index (χ1v) is 12.4. The number of phenolic OH excluding ortho intramolecular Hbond substituents is 1. The van der Waals surface area contributed by atoms with E-state index in [0.717, 1.165) is 22.4 Å². The number of aryl methyl sites for hydroxylation is 2. The predicted molar refractivity (Wildman–Crippen MR) is 141 cm³/mol. The molecule has 0 unspecified atom stereocenters. The minimum Gasteiger partial charge on any atom is -0.508 e. The van der Waals surface area contributed by atoms with Gasteiger partial charge in [-0.1, -0.05) is 29.3 Å². The van der Waals surface area contributed by atoms with E-state index in [0.29, 0.717) is 11.1 Å². The van der Waals surface area contributed by atoms with Crippen molar-refractivity contribution in [3.8, 4) is 16.9 Å². The SMILES string of the molecule is Cc1cc(C)cc(-c2cc(N(C)C)c3c(c2O)C(O)=C2C(=O)[C@]4(O)C(O)=C(C(N)=O)C(=O)C[C@@H]4C[C@@H]2C3)c1. The van der Waals surface area contributed by atoms with Crippen molar-refractivity contribution in [2.24, 2.45) is 17.6 Å². The summed E-state index contributed by atoms with van der Waals surface area (Å²) < 4.78 is 0. The highest BCUT2D eigenvalue weighted by Crippen LogP contribution is 2.54. The molecule has 1 saturated carbocycles. The molecule has 1 amide bonds. The van der Waals surface area contributed by atoms with Crippen LogP contribution in [0.2, 0.25) is 0 Å². The summed E-state index contributed by atoms with van der Waals surface area (Å²) in [7, 11) is 3.68. The lowest BCUT2D eigenvalue weighted by Gasteiger charge is -2.46. The minimum absolute atomic E-state index is 0.0810. The highest BCUT2D eigenvalue weighted by atomic mass is 16.3. The first kappa shape index (κ1) is 25.5. The van der Waals surface area contributed by atoms with Gasteiger partial charge in [0.05, 0.1) is 5.56 Å². The van der Waals surface area contributed by atoms with Gasteiger partial charge in [0.2, 0.25) is 5.78 Å². The molecule has 0 bridgehead atoms. The quantitative estimate of drug-likeness (QED) is 0.388. The number of aliphatic hydroxyl groups excluding tert-OH is 2. The molecule has 6 N–H and O–H groups in total. The largest absolute Gasteiger partial charge is 0.508 e. The van der Waals surface area contributed by atoms with E-state index in [2.05, 4.69) is 0 Å². The molecule has 3 aliphatic carbocycles. The highest BCUT2D eigenvalue weighted by molar-refractivity contribution is 6.22. The van der Waals surface area contributed by atoms with Crippen molar-refractivity contribution in [1.82, 2.24) is 0 Å². The topological polar surface area (TPSA) is 161 Å². The lowest BCUT2D eigenvalue weighted by Crippen LogP contribution is -2.58. The number of hydrogen-bond donors (Lipinski definition) is 5. The van der Waals surface area contributed by atoms with Gasteiger partial charge in [-0.05, 0) is 49.8 Å². The molecular weight excluding hydrogens is 488 g/mol. The molecule has 9 heteroatoms. The summed E-state index contributed by atoms with van der Waals surface area (Å²) in [5.74, 6) is -6.36. The molecule has 3 atom stereocenters. The monoisotopic (exact) mass is 518 g/mol. The Morgan fingerprint density at radius 2 is 1.66 bits per heavy atom. The zero-order valence-electron chi connectivity index (χ0n) is 21.6. The fourth-order valence-corrected chi connectivity index (χ4v) is 6.42. The van der Waals surface area contributed by atoms with E-state index in [4.69, 9.17) is 5.73 Å². The number of primary amides is 1. The molecule has 9 nitrogen and oxygen atoms in total. The van der Waals surface area contributed by atoms with E-state index in [1.165, 1.54) is 0 Å². The Bertz CT molecular complexity index is 1500. The Balaban J connectivity index is 1.76. The number of anilines is 1. The highest BCUT2D eigenvalue weighted by Gasteiger charge is 2.60. The molecular formula is C29H30N2O7. The van der Waals surface area contributed by atoms with Gasteiger partial charge in [-0.25, -0.2) is 0 Å². The molecule has 5 rings (SSSR count). The summed E-state index contributed by atoms with van der Waals surface area (Å²) >= 11 is 0. The van der Waals surface area contributed by atoms with Crippen LogP contribution < -0.4 is 10.6 Å². The molecule has 0 radical (unpaired) electrons. The number of ketones is 2. The Labute approximate surface area is 219 Å². The van der Waals surface area contributed by atoms with E-state index in [-0.39, 0.29) is 36.1 Å². The summed E-state index contributed by atoms with van der Waals surface area (Å²) in [5.41, 5.74) is 6.34. The van der Waals surface area contributed by atoms with E-state index >= 15 is 0 Å². The fourth-order valence-electron chi connectivity index (χ4n) is 6.42. The number of carbonyl (C=O) groups excluding carboxylic acids is 3. The average Bonchev–Trinajstić information content (AvgIpc) is 2.80. The molecule has 0 saturated heterocycles. The Morgan fingerprint density at radius 3 is 2.24 bits per heavy atom. The van der Waals surface area contributed by atoms with Gasteiger partial charge in [0, 0.05) is 43.3 Å². The third-order valence-electron chi connectivity index (χ3n) is 8.05. The normalized spacial score (nSPS) is 24.7. The molecule has 2 aromatic carbocycles. The zero-order chi connectivity index (χ0) is 27.8. The van der Waals surface area contributed by atoms with E-state index in [1.807, 2.05) is 57.1 Å². The minimum atomic E-state index is -2.58. The van der Waals surface area contributed by atoms with Gasteiger partial charge in [0.25, 0.3) is 5.91 Å². The Morgan fingerprint density at radius 1 is 1.03 bits per heavy atom. The van der Waals surface area contributed by atoms with Crippen molar-refractivity contribution < 1.29 is 34.8 Å².